The molecule has 3 heteroatoms. The topological polar surface area (TPSA) is 49.5 Å². The molecule has 0 aliphatic carbocycles. The van der Waals surface area contributed by atoms with Crippen molar-refractivity contribution >= 4 is 5.69 Å². The first kappa shape index (κ1) is 12.0. The van der Waals surface area contributed by atoms with Gasteiger partial charge in [0.1, 0.15) is 0 Å². The van der Waals surface area contributed by atoms with Crippen molar-refractivity contribution in [2.75, 3.05) is 18.6 Å². The van der Waals surface area contributed by atoms with Crippen molar-refractivity contribution in [3.8, 4) is 0 Å². The Bertz CT molecular complexity index is 325. The van der Waals surface area contributed by atoms with Gasteiger partial charge in [0.2, 0.25) is 0 Å². The molecular formula is C12H20N2O. The van der Waals surface area contributed by atoms with E-state index < -0.39 is 0 Å². The molecule has 3 N–H and O–H groups in total. The number of rotatable bonds is 4. The molecule has 1 unspecified atom stereocenters. The van der Waals surface area contributed by atoms with Crippen LogP contribution >= 0.6 is 0 Å². The molecule has 1 atom stereocenters. The van der Waals surface area contributed by atoms with Gasteiger partial charge in [-0.2, -0.15) is 0 Å². The lowest BCUT2D eigenvalue weighted by molar-refractivity contribution is 0.270. The molecule has 0 amide bonds. The molecule has 0 aliphatic rings. The normalized spacial score (nSPS) is 12.6. The number of aliphatic hydroxyl groups is 1. The zero-order valence-corrected chi connectivity index (χ0v) is 9.70. The fraction of sp³-hybridized carbons (Fsp3) is 0.500. The first-order chi connectivity index (χ1) is 7.11. The van der Waals surface area contributed by atoms with Crippen LogP contribution < -0.4 is 10.6 Å². The van der Waals surface area contributed by atoms with Gasteiger partial charge >= 0.3 is 0 Å². The highest BCUT2D eigenvalue weighted by molar-refractivity contribution is 5.59. The van der Waals surface area contributed by atoms with Crippen molar-refractivity contribution in [2.45, 2.75) is 26.4 Å². The largest absolute Gasteiger partial charge is 0.394 e. The van der Waals surface area contributed by atoms with Gasteiger partial charge in [0.15, 0.2) is 0 Å². The third-order valence-electron chi connectivity index (χ3n) is 2.82. The zero-order chi connectivity index (χ0) is 11.4. The van der Waals surface area contributed by atoms with E-state index in [0.717, 1.165) is 11.3 Å². The van der Waals surface area contributed by atoms with Crippen molar-refractivity contribution in [3.63, 3.8) is 0 Å². The maximum absolute atomic E-state index is 9.15. The fourth-order valence-corrected chi connectivity index (χ4v) is 1.73. The number of hydrogen-bond donors (Lipinski definition) is 2. The van der Waals surface area contributed by atoms with E-state index in [2.05, 4.69) is 17.9 Å². The second-order valence-corrected chi connectivity index (χ2v) is 3.93. The van der Waals surface area contributed by atoms with Crippen LogP contribution in [0.25, 0.3) is 0 Å². The summed E-state index contributed by atoms with van der Waals surface area (Å²) < 4.78 is 0. The van der Waals surface area contributed by atoms with E-state index in [4.69, 9.17) is 10.8 Å². The molecule has 0 radical (unpaired) electrons. The molecular weight excluding hydrogens is 188 g/mol. The van der Waals surface area contributed by atoms with Crippen molar-refractivity contribution < 1.29 is 5.11 Å². The first-order valence-corrected chi connectivity index (χ1v) is 5.24. The molecule has 0 fully saturated rings. The minimum Gasteiger partial charge on any atom is -0.394 e. The Morgan fingerprint density at radius 2 is 2.13 bits per heavy atom. The fourth-order valence-electron chi connectivity index (χ4n) is 1.73. The third-order valence-corrected chi connectivity index (χ3v) is 2.82. The number of benzene rings is 1. The smallest absolute Gasteiger partial charge is 0.0632 e. The third kappa shape index (κ3) is 2.49. The predicted octanol–water partition coefficient (Wildman–Crippen LogP) is 1.27. The van der Waals surface area contributed by atoms with Crippen LogP contribution in [0, 0.1) is 6.92 Å². The van der Waals surface area contributed by atoms with Gasteiger partial charge in [-0.05, 0) is 25.0 Å². The standard InChI is InChI=1S/C12H20N2O/c1-9-5-4-6-11(7-13)12(9)14(3)10(2)8-15/h4-6,10,15H,7-8,13H2,1-3H3. The molecule has 0 saturated heterocycles. The van der Waals surface area contributed by atoms with Crippen LogP contribution in [0.1, 0.15) is 18.1 Å². The molecule has 0 aliphatic heterocycles. The van der Waals surface area contributed by atoms with Crippen LogP contribution in [-0.4, -0.2) is 24.8 Å². The number of likely N-dealkylation sites (N-methyl/N-ethyl adjacent to an activating group) is 1. The van der Waals surface area contributed by atoms with E-state index in [1.54, 1.807) is 0 Å². The molecule has 0 bridgehead atoms. The summed E-state index contributed by atoms with van der Waals surface area (Å²) in [5.41, 5.74) is 9.17. The van der Waals surface area contributed by atoms with Gasteiger partial charge in [-0.15, -0.1) is 0 Å². The van der Waals surface area contributed by atoms with Crippen LogP contribution in [0.5, 0.6) is 0 Å². The molecule has 15 heavy (non-hydrogen) atoms. The van der Waals surface area contributed by atoms with Crippen molar-refractivity contribution in [2.24, 2.45) is 5.73 Å². The molecule has 1 rings (SSSR count). The van der Waals surface area contributed by atoms with Gasteiger partial charge in [-0.3, -0.25) is 0 Å². The summed E-state index contributed by atoms with van der Waals surface area (Å²) in [7, 11) is 1.99. The van der Waals surface area contributed by atoms with Crippen molar-refractivity contribution in [3.05, 3.63) is 29.3 Å². The number of nitrogens with two attached hydrogens (primary N) is 1. The highest BCUT2D eigenvalue weighted by Crippen LogP contribution is 2.25. The molecule has 1 aromatic rings. The monoisotopic (exact) mass is 208 g/mol. The lowest BCUT2D eigenvalue weighted by Gasteiger charge is -2.29. The van der Waals surface area contributed by atoms with E-state index in [-0.39, 0.29) is 12.6 Å². The quantitative estimate of drug-likeness (QED) is 0.783. The minimum atomic E-state index is 0.108. The highest BCUT2D eigenvalue weighted by Gasteiger charge is 2.13. The van der Waals surface area contributed by atoms with Crippen molar-refractivity contribution in [1.82, 2.24) is 0 Å². The van der Waals surface area contributed by atoms with Crippen LogP contribution in [0.3, 0.4) is 0 Å². The number of nitrogens with zero attached hydrogens (tertiary/aromatic N) is 1. The van der Waals surface area contributed by atoms with Gasteiger partial charge in [0, 0.05) is 25.3 Å². The Labute approximate surface area is 91.5 Å². The number of anilines is 1. The Morgan fingerprint density at radius 3 is 2.67 bits per heavy atom. The number of para-hydroxylation sites is 1. The SMILES string of the molecule is Cc1cccc(CN)c1N(C)C(C)CO. The maximum Gasteiger partial charge on any atom is 0.0632 e. The van der Waals surface area contributed by atoms with Crippen LogP contribution in [0.15, 0.2) is 18.2 Å². The van der Waals surface area contributed by atoms with Crippen LogP contribution in [-0.2, 0) is 6.54 Å². The summed E-state index contributed by atoms with van der Waals surface area (Å²) in [5.74, 6) is 0. The zero-order valence-electron chi connectivity index (χ0n) is 9.70. The lowest BCUT2D eigenvalue weighted by atomic mass is 10.1. The molecule has 0 saturated carbocycles. The summed E-state index contributed by atoms with van der Waals surface area (Å²) in [5, 5.41) is 9.15. The lowest BCUT2D eigenvalue weighted by Crippen LogP contribution is -2.33. The summed E-state index contributed by atoms with van der Waals surface area (Å²) in [4.78, 5) is 2.08. The first-order valence-electron chi connectivity index (χ1n) is 5.24. The average Bonchev–Trinajstić information content (AvgIpc) is 2.26. The van der Waals surface area contributed by atoms with Crippen LogP contribution in [0.2, 0.25) is 0 Å². The Balaban J connectivity index is 3.10. The molecule has 84 valence electrons. The molecule has 0 aromatic heterocycles. The molecule has 0 spiro atoms. The van der Waals surface area contributed by atoms with E-state index in [1.165, 1.54) is 5.56 Å². The van der Waals surface area contributed by atoms with Gasteiger partial charge < -0.3 is 15.7 Å². The Kier molecular flexibility index (Phi) is 4.12. The molecule has 3 nitrogen and oxygen atoms in total. The average molecular weight is 208 g/mol. The van der Waals surface area contributed by atoms with E-state index >= 15 is 0 Å². The maximum atomic E-state index is 9.15. The second kappa shape index (κ2) is 5.14. The summed E-state index contributed by atoms with van der Waals surface area (Å²) in [6, 6.07) is 6.22. The van der Waals surface area contributed by atoms with Crippen molar-refractivity contribution in [1.29, 1.82) is 0 Å². The summed E-state index contributed by atoms with van der Waals surface area (Å²) in [6.45, 7) is 4.73. The molecule has 1 aromatic carbocycles. The Morgan fingerprint density at radius 1 is 1.47 bits per heavy atom. The minimum absolute atomic E-state index is 0.108. The van der Waals surface area contributed by atoms with E-state index in [1.807, 2.05) is 26.1 Å². The second-order valence-electron chi connectivity index (χ2n) is 3.93. The van der Waals surface area contributed by atoms with Gasteiger partial charge in [-0.25, -0.2) is 0 Å². The van der Waals surface area contributed by atoms with E-state index in [0.29, 0.717) is 6.54 Å². The predicted molar refractivity (Wildman–Crippen MR) is 64.0 cm³/mol. The van der Waals surface area contributed by atoms with E-state index in [9.17, 15) is 0 Å². The van der Waals surface area contributed by atoms with Gasteiger partial charge in [-0.1, -0.05) is 18.2 Å². The number of aliphatic hydroxyl groups excluding tert-OH is 1. The van der Waals surface area contributed by atoms with Gasteiger partial charge in [0.05, 0.1) is 6.61 Å². The highest BCUT2D eigenvalue weighted by atomic mass is 16.3. The molecule has 0 heterocycles. The summed E-state index contributed by atoms with van der Waals surface area (Å²) >= 11 is 0. The summed E-state index contributed by atoms with van der Waals surface area (Å²) in [6.07, 6.45) is 0. The van der Waals surface area contributed by atoms with Crippen LogP contribution in [0.4, 0.5) is 5.69 Å². The Hall–Kier alpha value is -1.06. The number of hydrogen-bond acceptors (Lipinski definition) is 3. The number of aryl methyl sites for hydroxylation is 1. The van der Waals surface area contributed by atoms with Gasteiger partial charge in [0.25, 0.3) is 0 Å².